The minimum absolute atomic E-state index is 0.0656. The molecule has 0 saturated carbocycles. The van der Waals surface area contributed by atoms with Crippen LogP contribution in [0.1, 0.15) is 19.8 Å². The number of carbonyl (C=O) groups is 1. The van der Waals surface area contributed by atoms with Gasteiger partial charge in [0.2, 0.25) is 0 Å². The second-order valence-corrected chi connectivity index (χ2v) is 4.59. The summed E-state index contributed by atoms with van der Waals surface area (Å²) in [5.41, 5.74) is 1.91. The fourth-order valence-electron chi connectivity index (χ4n) is 2.43. The molecule has 0 bridgehead atoms. The Kier molecular flexibility index (Phi) is 2.42. The van der Waals surface area contributed by atoms with Crippen LogP contribution in [0.4, 0.5) is 11.4 Å². The molecule has 0 radical (unpaired) electrons. The summed E-state index contributed by atoms with van der Waals surface area (Å²) in [6, 6.07) is 5.94. The normalized spacial score (nSPS) is 23.0. The maximum Gasteiger partial charge on any atom is 0.265 e. The Morgan fingerprint density at radius 2 is 2.12 bits per heavy atom. The van der Waals surface area contributed by atoms with Gasteiger partial charge in [-0.1, -0.05) is 6.07 Å². The number of carbonyl (C=O) groups excluding carboxylic acids is 1. The molecule has 17 heavy (non-hydrogen) atoms. The van der Waals surface area contributed by atoms with E-state index in [-0.39, 0.29) is 5.91 Å². The van der Waals surface area contributed by atoms with E-state index >= 15 is 0 Å². The van der Waals surface area contributed by atoms with Crippen LogP contribution in [-0.4, -0.2) is 25.1 Å². The summed E-state index contributed by atoms with van der Waals surface area (Å²) >= 11 is 0. The molecule has 1 unspecified atom stereocenters. The third kappa shape index (κ3) is 1.73. The molecule has 90 valence electrons. The summed E-state index contributed by atoms with van der Waals surface area (Å²) < 4.78 is 5.61. The first-order valence-electron chi connectivity index (χ1n) is 6.11. The van der Waals surface area contributed by atoms with Gasteiger partial charge < -0.3 is 15.0 Å². The largest absolute Gasteiger partial charge is 0.479 e. The molecule has 2 aliphatic rings. The van der Waals surface area contributed by atoms with Gasteiger partial charge in [-0.25, -0.2) is 0 Å². The number of rotatable bonds is 1. The topological polar surface area (TPSA) is 41.6 Å². The highest BCUT2D eigenvalue weighted by Gasteiger charge is 2.27. The van der Waals surface area contributed by atoms with Crippen LogP contribution in [0.15, 0.2) is 18.2 Å². The Bertz CT molecular complexity index is 453. The van der Waals surface area contributed by atoms with Crippen molar-refractivity contribution in [3.8, 4) is 5.75 Å². The highest BCUT2D eigenvalue weighted by Crippen LogP contribution is 2.39. The van der Waals surface area contributed by atoms with Crippen LogP contribution in [0.2, 0.25) is 0 Å². The molecule has 1 amide bonds. The number of nitrogens with one attached hydrogen (secondary N) is 1. The lowest BCUT2D eigenvalue weighted by Gasteiger charge is -2.28. The highest BCUT2D eigenvalue weighted by molar-refractivity contribution is 6.01. The van der Waals surface area contributed by atoms with Gasteiger partial charge in [-0.2, -0.15) is 0 Å². The predicted octanol–water partition coefficient (Wildman–Crippen LogP) is 2.01. The smallest absolute Gasteiger partial charge is 0.265 e. The Labute approximate surface area is 101 Å². The van der Waals surface area contributed by atoms with Gasteiger partial charge in [-0.05, 0) is 31.9 Å². The van der Waals surface area contributed by atoms with Crippen molar-refractivity contribution in [2.45, 2.75) is 25.9 Å². The Balaban J connectivity index is 2.00. The van der Waals surface area contributed by atoms with Gasteiger partial charge in [0.1, 0.15) is 11.4 Å². The van der Waals surface area contributed by atoms with Gasteiger partial charge in [0.15, 0.2) is 6.10 Å². The third-order valence-electron chi connectivity index (χ3n) is 3.37. The van der Waals surface area contributed by atoms with Crippen LogP contribution in [-0.2, 0) is 4.79 Å². The molecule has 1 fully saturated rings. The molecule has 2 aliphatic heterocycles. The van der Waals surface area contributed by atoms with Crippen molar-refractivity contribution in [2.75, 3.05) is 23.3 Å². The fraction of sp³-hybridized carbons (Fsp3) is 0.462. The molecule has 4 heteroatoms. The average Bonchev–Trinajstić information content (AvgIpc) is 2.83. The third-order valence-corrected chi connectivity index (χ3v) is 3.37. The van der Waals surface area contributed by atoms with Crippen LogP contribution in [0, 0.1) is 0 Å². The lowest BCUT2D eigenvalue weighted by Crippen LogP contribution is -2.35. The molecule has 2 heterocycles. The molecular weight excluding hydrogens is 216 g/mol. The van der Waals surface area contributed by atoms with Gasteiger partial charge in [-0.3, -0.25) is 4.79 Å². The zero-order valence-electron chi connectivity index (χ0n) is 9.90. The SMILES string of the molecule is CC1Oc2cccc(N3CCCC3)c2NC1=O. The minimum Gasteiger partial charge on any atom is -0.479 e. The first-order valence-corrected chi connectivity index (χ1v) is 6.11. The number of para-hydroxylation sites is 1. The molecule has 0 spiro atoms. The molecule has 3 rings (SSSR count). The van der Waals surface area contributed by atoms with E-state index in [1.54, 1.807) is 6.92 Å². The quantitative estimate of drug-likeness (QED) is 0.805. The Morgan fingerprint density at radius 3 is 2.88 bits per heavy atom. The van der Waals surface area contributed by atoms with Crippen LogP contribution in [0.3, 0.4) is 0 Å². The lowest BCUT2D eigenvalue weighted by molar-refractivity contribution is -0.122. The molecule has 1 atom stereocenters. The van der Waals surface area contributed by atoms with E-state index in [0.717, 1.165) is 30.2 Å². The first-order chi connectivity index (χ1) is 8.25. The number of ether oxygens (including phenoxy) is 1. The van der Waals surface area contributed by atoms with Crippen LogP contribution < -0.4 is 15.0 Å². The van der Waals surface area contributed by atoms with E-state index in [0.29, 0.717) is 0 Å². The van der Waals surface area contributed by atoms with Crippen molar-refractivity contribution >= 4 is 17.3 Å². The maximum absolute atomic E-state index is 11.7. The second-order valence-electron chi connectivity index (χ2n) is 4.59. The predicted molar refractivity (Wildman–Crippen MR) is 66.6 cm³/mol. The van der Waals surface area contributed by atoms with Gasteiger partial charge in [-0.15, -0.1) is 0 Å². The average molecular weight is 232 g/mol. The van der Waals surface area contributed by atoms with E-state index in [9.17, 15) is 4.79 Å². The number of anilines is 2. The molecule has 0 aromatic heterocycles. The van der Waals surface area contributed by atoms with E-state index < -0.39 is 6.10 Å². The zero-order valence-corrected chi connectivity index (χ0v) is 9.90. The van der Waals surface area contributed by atoms with Crippen molar-refractivity contribution in [1.82, 2.24) is 0 Å². The molecule has 1 aromatic carbocycles. The zero-order chi connectivity index (χ0) is 11.8. The number of nitrogens with zero attached hydrogens (tertiary/aromatic N) is 1. The molecule has 1 N–H and O–H groups in total. The van der Waals surface area contributed by atoms with Crippen molar-refractivity contribution in [3.05, 3.63) is 18.2 Å². The summed E-state index contributed by atoms with van der Waals surface area (Å²) in [6.07, 6.45) is 2.03. The van der Waals surface area contributed by atoms with E-state index in [4.69, 9.17) is 4.74 Å². The van der Waals surface area contributed by atoms with Crippen LogP contribution >= 0.6 is 0 Å². The molecule has 4 nitrogen and oxygen atoms in total. The van der Waals surface area contributed by atoms with Gasteiger partial charge in [0.05, 0.1) is 5.69 Å². The van der Waals surface area contributed by atoms with Gasteiger partial charge in [0.25, 0.3) is 5.91 Å². The molecule has 1 saturated heterocycles. The van der Waals surface area contributed by atoms with Crippen molar-refractivity contribution in [3.63, 3.8) is 0 Å². The van der Waals surface area contributed by atoms with E-state index in [1.165, 1.54) is 12.8 Å². The van der Waals surface area contributed by atoms with Crippen molar-refractivity contribution in [2.24, 2.45) is 0 Å². The number of hydrogen-bond acceptors (Lipinski definition) is 3. The monoisotopic (exact) mass is 232 g/mol. The maximum atomic E-state index is 11.7. The lowest BCUT2D eigenvalue weighted by atomic mass is 10.2. The van der Waals surface area contributed by atoms with Crippen molar-refractivity contribution < 1.29 is 9.53 Å². The fourth-order valence-corrected chi connectivity index (χ4v) is 2.43. The number of fused-ring (bicyclic) bond motifs is 1. The molecule has 0 aliphatic carbocycles. The van der Waals surface area contributed by atoms with Crippen LogP contribution in [0.5, 0.6) is 5.75 Å². The standard InChI is InChI=1S/C13H16N2O2/c1-9-13(16)14-12-10(15-7-2-3-8-15)5-4-6-11(12)17-9/h4-6,9H,2-3,7-8H2,1H3,(H,14,16). The number of amides is 1. The molecule has 1 aromatic rings. The van der Waals surface area contributed by atoms with E-state index in [2.05, 4.69) is 10.2 Å². The summed E-state index contributed by atoms with van der Waals surface area (Å²) in [5, 5.41) is 2.95. The van der Waals surface area contributed by atoms with Crippen LogP contribution in [0.25, 0.3) is 0 Å². The summed E-state index contributed by atoms with van der Waals surface area (Å²) in [6.45, 7) is 3.88. The Hall–Kier alpha value is -1.71. The Morgan fingerprint density at radius 1 is 1.35 bits per heavy atom. The second kappa shape index (κ2) is 3.95. The summed E-state index contributed by atoms with van der Waals surface area (Å²) in [4.78, 5) is 14.0. The van der Waals surface area contributed by atoms with Gasteiger partial charge in [0, 0.05) is 13.1 Å². The highest BCUT2D eigenvalue weighted by atomic mass is 16.5. The first kappa shape index (κ1) is 10.4. The number of benzene rings is 1. The van der Waals surface area contributed by atoms with Gasteiger partial charge >= 0.3 is 0 Å². The summed E-state index contributed by atoms with van der Waals surface area (Å²) in [5.74, 6) is 0.714. The summed E-state index contributed by atoms with van der Waals surface area (Å²) in [7, 11) is 0. The van der Waals surface area contributed by atoms with Crippen molar-refractivity contribution in [1.29, 1.82) is 0 Å². The number of hydrogen-bond donors (Lipinski definition) is 1. The molecular formula is C13H16N2O2. The minimum atomic E-state index is -0.406. The van der Waals surface area contributed by atoms with E-state index in [1.807, 2.05) is 18.2 Å².